The van der Waals surface area contributed by atoms with Crippen LogP contribution in [-0.4, -0.2) is 74.9 Å². The maximum absolute atomic E-state index is 12.9. The number of quaternary nitrogens is 1. The summed E-state index contributed by atoms with van der Waals surface area (Å²) < 4.78 is 34.7. The fourth-order valence-corrected chi connectivity index (χ4v) is 10.8. The molecule has 10 heteroatoms. The molecule has 9 nitrogen and oxygen atoms in total. The van der Waals surface area contributed by atoms with Gasteiger partial charge in [-0.1, -0.05) is 319 Å². The maximum atomic E-state index is 12.9. The number of rotatable bonds is 64. The fraction of sp³-hybridized carbons (Fsp3) is 0.831. The van der Waals surface area contributed by atoms with Crippen LogP contribution in [0.25, 0.3) is 0 Å². The highest BCUT2D eigenvalue weighted by Crippen LogP contribution is 2.43. The van der Waals surface area contributed by atoms with Gasteiger partial charge in [0.1, 0.15) is 19.8 Å². The van der Waals surface area contributed by atoms with E-state index in [-0.39, 0.29) is 25.6 Å². The van der Waals surface area contributed by atoms with E-state index in [0.29, 0.717) is 23.9 Å². The minimum absolute atomic E-state index is 0.0347. The quantitative estimate of drug-likeness (QED) is 0.0211. The molecule has 0 saturated heterocycles. The van der Waals surface area contributed by atoms with Crippen molar-refractivity contribution in [2.24, 2.45) is 0 Å². The van der Waals surface area contributed by atoms with E-state index in [1.54, 1.807) is 0 Å². The number of hydrogen-bond donors (Lipinski definition) is 1. The summed E-state index contributed by atoms with van der Waals surface area (Å²) in [6, 6.07) is 0. The molecular weight excluding hydrogens is 1030 g/mol. The van der Waals surface area contributed by atoms with Crippen molar-refractivity contribution in [2.45, 2.75) is 335 Å². The number of hydrogen-bond acceptors (Lipinski definition) is 7. The summed E-state index contributed by atoms with van der Waals surface area (Å²) in [5.74, 6) is -0.778. The standard InChI is InChI=1S/C71H132NO8P/c1-6-8-10-12-14-16-18-20-22-24-25-26-27-28-29-30-31-32-33-34-35-36-37-38-39-40-41-42-43-44-45-46-47-48-50-52-54-56-58-60-62-64-71(74)80-69(68-79-81(75,76)78-66-65-72(3,4)5)67-77-70(73)63-61-59-57-55-53-51-49-23-21-19-17-15-13-11-9-7-2/h8,10,14,16,20,22,25-26,28-29,69H,6-7,9,11-13,15,17-19,21,23-24,27,30-68H2,1-5H3/p+1/b10-8-,16-14-,22-20-,26-25-,29-28-. The number of ether oxygens (including phenoxy) is 2. The lowest BCUT2D eigenvalue weighted by Crippen LogP contribution is -2.37. The molecule has 0 aromatic carbocycles. The first kappa shape index (κ1) is 78.7. The van der Waals surface area contributed by atoms with Crippen LogP contribution >= 0.6 is 7.82 Å². The molecule has 0 aliphatic carbocycles. The highest BCUT2D eigenvalue weighted by molar-refractivity contribution is 7.47. The molecule has 0 rings (SSSR count). The lowest BCUT2D eigenvalue weighted by molar-refractivity contribution is -0.870. The van der Waals surface area contributed by atoms with Crippen LogP contribution in [0.4, 0.5) is 0 Å². The van der Waals surface area contributed by atoms with Crippen molar-refractivity contribution < 1.29 is 42.1 Å². The number of carbonyl (C=O) groups is 2. The lowest BCUT2D eigenvalue weighted by Gasteiger charge is -2.24. The van der Waals surface area contributed by atoms with Crippen molar-refractivity contribution in [1.82, 2.24) is 0 Å². The molecule has 1 N–H and O–H groups in total. The first-order chi connectivity index (χ1) is 39.5. The smallest absolute Gasteiger partial charge is 0.462 e. The van der Waals surface area contributed by atoms with Crippen LogP contribution in [0, 0.1) is 0 Å². The Bertz CT molecular complexity index is 1550. The molecule has 0 amide bonds. The van der Waals surface area contributed by atoms with E-state index < -0.39 is 26.5 Å². The highest BCUT2D eigenvalue weighted by atomic mass is 31.2. The van der Waals surface area contributed by atoms with Crippen molar-refractivity contribution in [2.75, 3.05) is 47.5 Å². The molecule has 0 aliphatic rings. The van der Waals surface area contributed by atoms with Gasteiger partial charge in [0.15, 0.2) is 6.10 Å². The second kappa shape index (κ2) is 62.2. The Morgan fingerprint density at radius 1 is 0.395 bits per heavy atom. The van der Waals surface area contributed by atoms with Crippen LogP contribution in [-0.2, 0) is 32.7 Å². The fourth-order valence-electron chi connectivity index (χ4n) is 10.0. The van der Waals surface area contributed by atoms with Crippen molar-refractivity contribution in [1.29, 1.82) is 0 Å². The molecule has 2 unspecified atom stereocenters. The zero-order valence-electron chi connectivity index (χ0n) is 54.0. The third-order valence-electron chi connectivity index (χ3n) is 15.3. The van der Waals surface area contributed by atoms with Crippen LogP contribution in [0.2, 0.25) is 0 Å². The molecule has 0 bridgehead atoms. The highest BCUT2D eigenvalue weighted by Gasteiger charge is 2.27. The Morgan fingerprint density at radius 2 is 0.704 bits per heavy atom. The van der Waals surface area contributed by atoms with Gasteiger partial charge in [-0.25, -0.2) is 4.57 Å². The molecule has 0 spiro atoms. The summed E-state index contributed by atoms with van der Waals surface area (Å²) in [7, 11) is 1.50. The third-order valence-corrected chi connectivity index (χ3v) is 16.3. The van der Waals surface area contributed by atoms with E-state index in [0.717, 1.165) is 64.2 Å². The summed E-state index contributed by atoms with van der Waals surface area (Å²) in [6.45, 7) is 4.37. The second-order valence-corrected chi connectivity index (χ2v) is 26.0. The average Bonchev–Trinajstić information content (AvgIpc) is 3.43. The summed E-state index contributed by atoms with van der Waals surface area (Å²) in [4.78, 5) is 35.8. The SMILES string of the molecule is CC/C=C\C/C=C\C/C=C\C/C=C\C/C=C\CCCCCCCCCCCCCCCCCCCCCCCCCCCC(=O)OC(COC(=O)CCCCCCCCCCCCCCCCCC)COP(=O)(O)OCC[N+](C)(C)C. The van der Waals surface area contributed by atoms with Crippen LogP contribution in [0.5, 0.6) is 0 Å². The van der Waals surface area contributed by atoms with Crippen molar-refractivity contribution in [3.8, 4) is 0 Å². The Balaban J connectivity index is 3.88. The number of carbonyl (C=O) groups excluding carboxylic acids is 2. The first-order valence-electron chi connectivity index (χ1n) is 34.5. The number of phosphoric acid groups is 1. The molecule has 81 heavy (non-hydrogen) atoms. The summed E-state index contributed by atoms with van der Waals surface area (Å²) in [6.07, 6.45) is 82.0. The predicted molar refractivity (Wildman–Crippen MR) is 349 cm³/mol. The van der Waals surface area contributed by atoms with Gasteiger partial charge in [0.25, 0.3) is 0 Å². The van der Waals surface area contributed by atoms with Crippen LogP contribution in [0.1, 0.15) is 328 Å². The molecular formula is C71H133NO8P+. The largest absolute Gasteiger partial charge is 0.472 e. The van der Waals surface area contributed by atoms with Gasteiger partial charge in [0, 0.05) is 12.8 Å². The number of likely N-dealkylation sites (N-methyl/N-ethyl adjacent to an activating group) is 1. The van der Waals surface area contributed by atoms with Gasteiger partial charge in [-0.05, 0) is 57.8 Å². The van der Waals surface area contributed by atoms with Gasteiger partial charge < -0.3 is 18.9 Å². The molecule has 0 fully saturated rings. The molecule has 0 aliphatic heterocycles. The maximum Gasteiger partial charge on any atom is 0.472 e. The van der Waals surface area contributed by atoms with E-state index in [4.69, 9.17) is 18.5 Å². The average molecular weight is 1160 g/mol. The lowest BCUT2D eigenvalue weighted by atomic mass is 10.0. The molecule has 0 radical (unpaired) electrons. The molecule has 0 saturated carbocycles. The zero-order valence-corrected chi connectivity index (χ0v) is 54.9. The van der Waals surface area contributed by atoms with Gasteiger partial charge in [0.05, 0.1) is 27.7 Å². The Labute approximate surface area is 502 Å². The normalized spacial score (nSPS) is 13.5. The van der Waals surface area contributed by atoms with Crippen molar-refractivity contribution in [3.05, 3.63) is 60.8 Å². The Kier molecular flexibility index (Phi) is 60.5. The monoisotopic (exact) mass is 1160 g/mol. The van der Waals surface area contributed by atoms with Crippen molar-refractivity contribution >= 4 is 19.8 Å². The van der Waals surface area contributed by atoms with Gasteiger partial charge in [-0.15, -0.1) is 0 Å². The summed E-state index contributed by atoms with van der Waals surface area (Å²) in [5, 5.41) is 0. The number of nitrogens with zero attached hydrogens (tertiary/aromatic N) is 1. The number of esters is 2. The van der Waals surface area contributed by atoms with Gasteiger partial charge in [0.2, 0.25) is 0 Å². The minimum atomic E-state index is -4.38. The molecule has 0 aromatic rings. The van der Waals surface area contributed by atoms with Gasteiger partial charge >= 0.3 is 19.8 Å². The number of allylic oxidation sites excluding steroid dienone is 10. The first-order valence-corrected chi connectivity index (χ1v) is 36.0. The van der Waals surface area contributed by atoms with E-state index >= 15 is 0 Å². The topological polar surface area (TPSA) is 108 Å². The second-order valence-electron chi connectivity index (χ2n) is 24.5. The van der Waals surface area contributed by atoms with E-state index in [1.807, 2.05) is 21.1 Å². The van der Waals surface area contributed by atoms with E-state index in [2.05, 4.69) is 74.6 Å². The Morgan fingerprint density at radius 3 is 1.05 bits per heavy atom. The predicted octanol–water partition coefficient (Wildman–Crippen LogP) is 22.2. The van der Waals surface area contributed by atoms with Crippen molar-refractivity contribution in [3.63, 3.8) is 0 Å². The van der Waals surface area contributed by atoms with Crippen LogP contribution in [0.3, 0.4) is 0 Å². The number of phosphoric ester groups is 1. The molecule has 2 atom stereocenters. The van der Waals surface area contributed by atoms with E-state index in [1.165, 1.54) is 231 Å². The zero-order chi connectivity index (χ0) is 59.1. The molecule has 474 valence electrons. The minimum Gasteiger partial charge on any atom is -0.462 e. The van der Waals surface area contributed by atoms with Crippen LogP contribution < -0.4 is 0 Å². The van der Waals surface area contributed by atoms with E-state index in [9.17, 15) is 19.0 Å². The van der Waals surface area contributed by atoms with Gasteiger partial charge in [-0.2, -0.15) is 0 Å². The molecule has 0 heterocycles. The van der Waals surface area contributed by atoms with Crippen LogP contribution in [0.15, 0.2) is 60.8 Å². The third kappa shape index (κ3) is 66.7. The number of unbranched alkanes of at least 4 members (excludes halogenated alkanes) is 40. The molecule has 0 aromatic heterocycles. The summed E-state index contributed by atoms with van der Waals surface area (Å²) in [5.41, 5.74) is 0. The summed E-state index contributed by atoms with van der Waals surface area (Å²) >= 11 is 0. The van der Waals surface area contributed by atoms with Gasteiger partial charge in [-0.3, -0.25) is 18.6 Å². The Hall–Kier alpha value is -2.29.